The van der Waals surface area contributed by atoms with E-state index in [0.717, 1.165) is 32.6 Å². The summed E-state index contributed by atoms with van der Waals surface area (Å²) in [5.74, 6) is 0.283. The van der Waals surface area contributed by atoms with Crippen molar-refractivity contribution in [2.45, 2.75) is 18.5 Å². The lowest BCUT2D eigenvalue weighted by atomic mass is 10.1. The number of aromatic nitrogens is 2. The van der Waals surface area contributed by atoms with Crippen LogP contribution >= 0.6 is 11.8 Å². The van der Waals surface area contributed by atoms with Crippen molar-refractivity contribution in [3.63, 3.8) is 0 Å². The van der Waals surface area contributed by atoms with Gasteiger partial charge in [0.25, 0.3) is 0 Å². The van der Waals surface area contributed by atoms with E-state index in [1.54, 1.807) is 0 Å². The molecule has 0 aliphatic heterocycles. The monoisotopic (exact) mass is 399 g/mol. The molecule has 0 radical (unpaired) electrons. The Morgan fingerprint density at radius 1 is 0.862 bits per heavy atom. The van der Waals surface area contributed by atoms with Gasteiger partial charge >= 0.3 is 0 Å². The number of carbonyl (C=O) groups is 1. The maximum absolute atomic E-state index is 12.3. The Morgan fingerprint density at radius 2 is 1.55 bits per heavy atom. The zero-order chi connectivity index (χ0) is 20.1. The van der Waals surface area contributed by atoms with Crippen LogP contribution in [-0.2, 0) is 11.3 Å². The molecular formula is C24H21N3OS. The van der Waals surface area contributed by atoms with Gasteiger partial charge in [0, 0.05) is 22.9 Å². The van der Waals surface area contributed by atoms with Gasteiger partial charge in [0.2, 0.25) is 5.91 Å². The molecule has 0 aliphatic rings. The second kappa shape index (κ2) is 8.88. The van der Waals surface area contributed by atoms with Crippen LogP contribution in [0, 0.1) is 6.92 Å². The van der Waals surface area contributed by atoms with Gasteiger partial charge in [-0.3, -0.25) is 4.79 Å². The number of carbonyl (C=O) groups excluding carboxylic acids is 1. The fourth-order valence-electron chi connectivity index (χ4n) is 3.18. The van der Waals surface area contributed by atoms with E-state index in [0.29, 0.717) is 12.3 Å². The summed E-state index contributed by atoms with van der Waals surface area (Å²) in [6.07, 6.45) is 0. The molecule has 0 unspecified atom stereocenters. The van der Waals surface area contributed by atoms with E-state index >= 15 is 0 Å². The number of aryl methyl sites for hydroxylation is 1. The molecule has 0 saturated carbocycles. The molecule has 1 N–H and O–H groups in total. The minimum atomic E-state index is -0.0173. The molecule has 4 nitrogen and oxygen atoms in total. The van der Waals surface area contributed by atoms with Gasteiger partial charge in [0.1, 0.15) is 10.7 Å². The van der Waals surface area contributed by atoms with Crippen LogP contribution in [0.25, 0.3) is 22.0 Å². The normalized spacial score (nSPS) is 10.8. The van der Waals surface area contributed by atoms with Crippen LogP contribution in [-0.4, -0.2) is 21.9 Å². The number of amides is 1. The van der Waals surface area contributed by atoms with E-state index in [1.165, 1.54) is 17.3 Å². The smallest absolute Gasteiger partial charge is 0.230 e. The standard InChI is InChI=1S/C24H21N3OS/c1-17-9-5-6-12-19(17)15-25-22(28)16-29-24-21-14-8-7-13-20(21)23(26-27-24)18-10-3-2-4-11-18/h2-14H,15-16H2,1H3,(H,25,28). The van der Waals surface area contributed by atoms with Crippen molar-refractivity contribution in [3.05, 3.63) is 90.0 Å². The first-order chi connectivity index (χ1) is 14.2. The van der Waals surface area contributed by atoms with Gasteiger partial charge in [-0.25, -0.2) is 0 Å². The first-order valence-electron chi connectivity index (χ1n) is 9.47. The lowest BCUT2D eigenvalue weighted by Crippen LogP contribution is -2.25. The van der Waals surface area contributed by atoms with Crippen LogP contribution in [0.4, 0.5) is 0 Å². The third-order valence-electron chi connectivity index (χ3n) is 4.78. The van der Waals surface area contributed by atoms with Crippen LogP contribution in [0.5, 0.6) is 0 Å². The second-order valence-corrected chi connectivity index (χ2v) is 7.72. The molecule has 1 amide bonds. The zero-order valence-corrected chi connectivity index (χ0v) is 16.9. The quantitative estimate of drug-likeness (QED) is 0.463. The zero-order valence-electron chi connectivity index (χ0n) is 16.1. The van der Waals surface area contributed by atoms with Gasteiger partial charge in [-0.2, -0.15) is 0 Å². The summed E-state index contributed by atoms with van der Waals surface area (Å²) in [5.41, 5.74) is 4.19. The molecule has 0 bridgehead atoms. The molecule has 3 aromatic carbocycles. The Morgan fingerprint density at radius 3 is 2.34 bits per heavy atom. The van der Waals surface area contributed by atoms with Gasteiger partial charge in [-0.05, 0) is 18.1 Å². The fourth-order valence-corrected chi connectivity index (χ4v) is 3.98. The van der Waals surface area contributed by atoms with Crippen LogP contribution in [0.15, 0.2) is 83.9 Å². The van der Waals surface area contributed by atoms with E-state index in [9.17, 15) is 4.79 Å². The largest absolute Gasteiger partial charge is 0.351 e. The maximum atomic E-state index is 12.3. The topological polar surface area (TPSA) is 54.9 Å². The summed E-state index contributed by atoms with van der Waals surface area (Å²) in [5, 5.41) is 14.7. The maximum Gasteiger partial charge on any atom is 0.230 e. The molecule has 4 aromatic rings. The highest BCUT2D eigenvalue weighted by atomic mass is 32.2. The SMILES string of the molecule is Cc1ccccc1CNC(=O)CSc1nnc(-c2ccccc2)c2ccccc12. The highest BCUT2D eigenvalue weighted by molar-refractivity contribution is 8.00. The van der Waals surface area contributed by atoms with Gasteiger partial charge in [-0.15, -0.1) is 10.2 Å². The number of rotatable bonds is 6. The number of hydrogen-bond donors (Lipinski definition) is 1. The summed E-state index contributed by atoms with van der Waals surface area (Å²) >= 11 is 1.42. The minimum Gasteiger partial charge on any atom is -0.351 e. The Kier molecular flexibility index (Phi) is 5.86. The van der Waals surface area contributed by atoms with Crippen LogP contribution in [0.2, 0.25) is 0 Å². The highest BCUT2D eigenvalue weighted by Gasteiger charge is 2.12. The number of fused-ring (bicyclic) bond motifs is 1. The van der Waals surface area contributed by atoms with Crippen molar-refractivity contribution in [2.75, 3.05) is 5.75 Å². The van der Waals surface area contributed by atoms with Crippen molar-refractivity contribution in [1.29, 1.82) is 0 Å². The van der Waals surface area contributed by atoms with Gasteiger partial charge < -0.3 is 5.32 Å². The third kappa shape index (κ3) is 4.46. The van der Waals surface area contributed by atoms with Gasteiger partial charge in [0.05, 0.1) is 5.75 Å². The highest BCUT2D eigenvalue weighted by Crippen LogP contribution is 2.31. The van der Waals surface area contributed by atoms with Crippen LogP contribution < -0.4 is 5.32 Å². The Labute approximate surface area is 174 Å². The van der Waals surface area contributed by atoms with E-state index < -0.39 is 0 Å². The van der Waals surface area contributed by atoms with Gasteiger partial charge in [0.15, 0.2) is 0 Å². The molecule has 0 saturated heterocycles. The average Bonchev–Trinajstić information content (AvgIpc) is 2.77. The number of hydrogen-bond acceptors (Lipinski definition) is 4. The van der Waals surface area contributed by atoms with E-state index in [4.69, 9.17) is 0 Å². The molecule has 0 spiro atoms. The number of thioether (sulfide) groups is 1. The average molecular weight is 400 g/mol. The molecule has 4 rings (SSSR count). The van der Waals surface area contributed by atoms with E-state index in [1.807, 2.05) is 79.7 Å². The molecule has 0 fully saturated rings. The van der Waals surface area contributed by atoms with E-state index in [-0.39, 0.29) is 5.91 Å². The molecule has 144 valence electrons. The third-order valence-corrected chi connectivity index (χ3v) is 5.76. The lowest BCUT2D eigenvalue weighted by molar-refractivity contribution is -0.118. The number of benzene rings is 3. The molecule has 1 aromatic heterocycles. The Hall–Kier alpha value is -3.18. The van der Waals surface area contributed by atoms with Crippen LogP contribution in [0.3, 0.4) is 0 Å². The number of nitrogens with zero attached hydrogens (tertiary/aromatic N) is 2. The van der Waals surface area contributed by atoms with Crippen molar-refractivity contribution in [3.8, 4) is 11.3 Å². The molecule has 29 heavy (non-hydrogen) atoms. The predicted molar refractivity (Wildman–Crippen MR) is 119 cm³/mol. The first kappa shape index (κ1) is 19.2. The molecule has 1 heterocycles. The lowest BCUT2D eigenvalue weighted by Gasteiger charge is -2.10. The van der Waals surface area contributed by atoms with E-state index in [2.05, 4.69) is 21.6 Å². The van der Waals surface area contributed by atoms with Gasteiger partial charge in [-0.1, -0.05) is 90.6 Å². The summed E-state index contributed by atoms with van der Waals surface area (Å²) in [7, 11) is 0. The Balaban J connectivity index is 1.49. The molecule has 0 aliphatic carbocycles. The summed E-state index contributed by atoms with van der Waals surface area (Å²) in [4.78, 5) is 12.3. The number of nitrogens with one attached hydrogen (secondary N) is 1. The molecular weight excluding hydrogens is 378 g/mol. The summed E-state index contributed by atoms with van der Waals surface area (Å²) in [6, 6.07) is 26.2. The van der Waals surface area contributed by atoms with Crippen LogP contribution in [0.1, 0.15) is 11.1 Å². The van der Waals surface area contributed by atoms with Crippen molar-refractivity contribution < 1.29 is 4.79 Å². The predicted octanol–water partition coefficient (Wildman–Crippen LogP) is 5.01. The molecule has 0 atom stereocenters. The van der Waals surface area contributed by atoms with Crippen molar-refractivity contribution in [2.24, 2.45) is 0 Å². The summed E-state index contributed by atoms with van der Waals surface area (Å²) < 4.78 is 0. The Bertz CT molecular complexity index is 1150. The molecule has 5 heteroatoms. The second-order valence-electron chi connectivity index (χ2n) is 6.76. The fraction of sp³-hybridized carbons (Fsp3) is 0.125. The van der Waals surface area contributed by atoms with Crippen molar-refractivity contribution >= 4 is 28.4 Å². The summed E-state index contributed by atoms with van der Waals surface area (Å²) in [6.45, 7) is 2.58. The van der Waals surface area contributed by atoms with Crippen molar-refractivity contribution in [1.82, 2.24) is 15.5 Å². The minimum absolute atomic E-state index is 0.0173. The first-order valence-corrected chi connectivity index (χ1v) is 10.5.